The summed E-state index contributed by atoms with van der Waals surface area (Å²) in [5, 5.41) is 0. The van der Waals surface area contributed by atoms with E-state index in [1.807, 2.05) is 0 Å². The van der Waals surface area contributed by atoms with Crippen LogP contribution in [0.1, 0.15) is 29.3 Å². The van der Waals surface area contributed by atoms with Gasteiger partial charge in [0.25, 0.3) is 0 Å². The Morgan fingerprint density at radius 3 is 3.06 bits per heavy atom. The maximum atomic E-state index is 13.1. The number of ether oxygens (including phenoxy) is 1. The van der Waals surface area contributed by atoms with E-state index in [0.29, 0.717) is 6.29 Å². The molecule has 17 heavy (non-hydrogen) atoms. The van der Waals surface area contributed by atoms with Gasteiger partial charge in [-0.1, -0.05) is 11.8 Å². The van der Waals surface area contributed by atoms with Gasteiger partial charge in [0.1, 0.15) is 6.42 Å². The normalized spacial score (nSPS) is 9.06. The van der Waals surface area contributed by atoms with Crippen LogP contribution >= 0.6 is 0 Å². The molecular formula is C12H10FNO3. The number of carbonyl (C=O) groups excluding carboxylic acids is 2. The number of aromatic nitrogens is 1. The molecule has 5 heteroatoms. The van der Waals surface area contributed by atoms with Crippen LogP contribution in [0.15, 0.2) is 12.3 Å². The van der Waals surface area contributed by atoms with Crippen molar-refractivity contribution in [2.75, 3.05) is 6.61 Å². The molecule has 0 aliphatic carbocycles. The van der Waals surface area contributed by atoms with Crippen LogP contribution in [0, 0.1) is 17.8 Å². The van der Waals surface area contributed by atoms with Gasteiger partial charge in [0.15, 0.2) is 6.29 Å². The van der Waals surface area contributed by atoms with Gasteiger partial charge in [0.2, 0.25) is 5.95 Å². The van der Waals surface area contributed by atoms with Gasteiger partial charge in [-0.15, -0.1) is 0 Å². The molecule has 0 unspecified atom stereocenters. The third-order valence-electron chi connectivity index (χ3n) is 1.82. The van der Waals surface area contributed by atoms with Crippen molar-refractivity contribution in [1.29, 1.82) is 0 Å². The number of carbonyl (C=O) groups is 2. The molecule has 0 bridgehead atoms. The Bertz CT molecular complexity index is 488. The summed E-state index contributed by atoms with van der Waals surface area (Å²) in [5.41, 5.74) is 0.000609. The molecule has 1 aromatic rings. The van der Waals surface area contributed by atoms with E-state index in [1.54, 1.807) is 6.92 Å². The Labute approximate surface area is 97.8 Å². The summed E-state index contributed by atoms with van der Waals surface area (Å²) in [5.74, 6) is 3.71. The molecule has 4 nitrogen and oxygen atoms in total. The minimum absolute atomic E-state index is 0.101. The highest BCUT2D eigenvalue weighted by Gasteiger charge is 2.06. The number of hydrogen-bond acceptors (Lipinski definition) is 4. The van der Waals surface area contributed by atoms with E-state index in [4.69, 9.17) is 0 Å². The van der Waals surface area contributed by atoms with Crippen molar-refractivity contribution in [3.8, 4) is 11.8 Å². The molecule has 1 aromatic heterocycles. The summed E-state index contributed by atoms with van der Waals surface area (Å²) < 4.78 is 17.7. The van der Waals surface area contributed by atoms with Crippen LogP contribution in [0.3, 0.4) is 0 Å². The van der Waals surface area contributed by atoms with E-state index in [0.717, 1.165) is 0 Å². The van der Waals surface area contributed by atoms with E-state index in [1.165, 1.54) is 12.3 Å². The van der Waals surface area contributed by atoms with Crippen LogP contribution in [0.5, 0.6) is 0 Å². The Morgan fingerprint density at radius 1 is 1.65 bits per heavy atom. The number of hydrogen-bond donors (Lipinski definition) is 0. The van der Waals surface area contributed by atoms with E-state index in [9.17, 15) is 14.0 Å². The maximum absolute atomic E-state index is 13.1. The van der Waals surface area contributed by atoms with Crippen molar-refractivity contribution in [3.05, 3.63) is 29.3 Å². The van der Waals surface area contributed by atoms with Crippen molar-refractivity contribution < 1.29 is 18.7 Å². The first-order valence-electron chi connectivity index (χ1n) is 4.93. The molecule has 0 aliphatic heterocycles. The molecule has 88 valence electrons. The lowest BCUT2D eigenvalue weighted by Gasteiger charge is -1.97. The minimum Gasteiger partial charge on any atom is -0.465 e. The number of nitrogens with zero attached hydrogens (tertiary/aromatic N) is 1. The summed E-state index contributed by atoms with van der Waals surface area (Å²) in [6, 6.07) is 1.41. The van der Waals surface area contributed by atoms with E-state index >= 15 is 0 Å². The molecule has 0 radical (unpaired) electrons. The Hall–Kier alpha value is -2.22. The molecule has 0 saturated carbocycles. The van der Waals surface area contributed by atoms with Crippen LogP contribution in [0.25, 0.3) is 0 Å². The molecule has 0 amide bonds. The number of halogens is 1. The van der Waals surface area contributed by atoms with Crippen molar-refractivity contribution in [3.63, 3.8) is 0 Å². The van der Waals surface area contributed by atoms with Gasteiger partial charge in [-0.2, -0.15) is 4.39 Å². The third kappa shape index (κ3) is 3.68. The van der Waals surface area contributed by atoms with Crippen LogP contribution in [0.4, 0.5) is 4.39 Å². The summed E-state index contributed by atoms with van der Waals surface area (Å²) in [4.78, 5) is 24.9. The quantitative estimate of drug-likeness (QED) is 0.343. The standard InChI is InChI=1S/C12H10FNO3/c1-2-17-11(16)5-3-4-9-6-7-14-12(13)10(9)8-15/h6-8H,2,5H2,1H3. The molecule has 0 N–H and O–H groups in total. The molecule has 0 spiro atoms. The van der Waals surface area contributed by atoms with Gasteiger partial charge >= 0.3 is 5.97 Å². The molecule has 1 rings (SSSR count). The first kappa shape index (κ1) is 12.8. The molecular weight excluding hydrogens is 225 g/mol. The van der Waals surface area contributed by atoms with Crippen molar-refractivity contribution in [2.24, 2.45) is 0 Å². The molecule has 0 aromatic carbocycles. The van der Waals surface area contributed by atoms with Gasteiger partial charge in [0.05, 0.1) is 12.2 Å². The Balaban J connectivity index is 2.82. The third-order valence-corrected chi connectivity index (χ3v) is 1.82. The second-order valence-corrected chi connectivity index (χ2v) is 2.96. The Kier molecular flexibility index (Phi) is 4.82. The average molecular weight is 235 g/mol. The highest BCUT2D eigenvalue weighted by Crippen LogP contribution is 2.07. The predicted octanol–water partition coefficient (Wildman–Crippen LogP) is 1.34. The fourth-order valence-electron chi connectivity index (χ4n) is 1.09. The highest BCUT2D eigenvalue weighted by molar-refractivity contribution is 5.79. The van der Waals surface area contributed by atoms with Gasteiger partial charge in [-0.05, 0) is 13.0 Å². The van der Waals surface area contributed by atoms with E-state index in [-0.39, 0.29) is 24.2 Å². The zero-order valence-corrected chi connectivity index (χ0v) is 9.20. The number of pyridine rings is 1. The zero-order chi connectivity index (χ0) is 12.7. The zero-order valence-electron chi connectivity index (χ0n) is 9.20. The van der Waals surface area contributed by atoms with E-state index < -0.39 is 11.9 Å². The van der Waals surface area contributed by atoms with Crippen molar-refractivity contribution in [1.82, 2.24) is 4.98 Å². The summed E-state index contributed by atoms with van der Waals surface area (Å²) in [6.45, 7) is 1.97. The first-order chi connectivity index (χ1) is 8.19. The maximum Gasteiger partial charge on any atom is 0.317 e. The highest BCUT2D eigenvalue weighted by atomic mass is 19.1. The molecule has 1 heterocycles. The largest absolute Gasteiger partial charge is 0.465 e. The lowest BCUT2D eigenvalue weighted by Crippen LogP contribution is -2.02. The second-order valence-electron chi connectivity index (χ2n) is 2.96. The van der Waals surface area contributed by atoms with Gasteiger partial charge in [-0.3, -0.25) is 9.59 Å². The van der Waals surface area contributed by atoms with Gasteiger partial charge in [0, 0.05) is 11.8 Å². The fraction of sp³-hybridized carbons (Fsp3) is 0.250. The number of aldehydes is 1. The lowest BCUT2D eigenvalue weighted by molar-refractivity contribution is -0.141. The second kappa shape index (κ2) is 6.38. The lowest BCUT2D eigenvalue weighted by atomic mass is 10.1. The van der Waals surface area contributed by atoms with Crippen LogP contribution in [0.2, 0.25) is 0 Å². The smallest absolute Gasteiger partial charge is 0.317 e. The summed E-state index contributed by atoms with van der Waals surface area (Å²) >= 11 is 0. The van der Waals surface area contributed by atoms with E-state index in [2.05, 4.69) is 21.6 Å². The molecule has 0 atom stereocenters. The summed E-state index contributed by atoms with van der Waals surface area (Å²) in [7, 11) is 0. The summed E-state index contributed by atoms with van der Waals surface area (Å²) in [6.07, 6.45) is 1.45. The minimum atomic E-state index is -0.872. The van der Waals surface area contributed by atoms with Gasteiger partial charge < -0.3 is 4.74 Å². The molecule has 0 aliphatic rings. The monoisotopic (exact) mass is 235 g/mol. The van der Waals surface area contributed by atoms with Crippen LogP contribution in [-0.2, 0) is 9.53 Å². The van der Waals surface area contributed by atoms with Crippen LogP contribution in [-0.4, -0.2) is 23.8 Å². The topological polar surface area (TPSA) is 56.3 Å². The predicted molar refractivity (Wildman–Crippen MR) is 57.7 cm³/mol. The van der Waals surface area contributed by atoms with Crippen molar-refractivity contribution >= 4 is 12.3 Å². The van der Waals surface area contributed by atoms with Crippen LogP contribution < -0.4 is 0 Å². The Morgan fingerprint density at radius 2 is 2.41 bits per heavy atom. The SMILES string of the molecule is CCOC(=O)CC#Cc1ccnc(F)c1C=O. The molecule has 0 saturated heterocycles. The number of esters is 1. The van der Waals surface area contributed by atoms with Crippen molar-refractivity contribution in [2.45, 2.75) is 13.3 Å². The fourth-order valence-corrected chi connectivity index (χ4v) is 1.09. The first-order valence-corrected chi connectivity index (χ1v) is 4.93. The van der Waals surface area contributed by atoms with Gasteiger partial charge in [-0.25, -0.2) is 4.98 Å². The molecule has 0 fully saturated rings. The number of rotatable bonds is 3. The average Bonchev–Trinajstić information content (AvgIpc) is 2.29.